The number of quaternary nitrogens is 2. The predicted octanol–water partition coefficient (Wildman–Crippen LogP) is 9.07. The summed E-state index contributed by atoms with van der Waals surface area (Å²) >= 11 is 0. The predicted molar refractivity (Wildman–Crippen MR) is 195 cm³/mol. The molecule has 4 heteroatoms. The van der Waals surface area contributed by atoms with Crippen LogP contribution in [0.15, 0.2) is 97.1 Å². The molecule has 1 heterocycles. The van der Waals surface area contributed by atoms with Crippen LogP contribution < -0.4 is 0 Å². The molecule has 250 valence electrons. The second kappa shape index (κ2) is 14.5. The first-order valence-electron chi connectivity index (χ1n) is 17.4. The maximum Gasteiger partial charge on any atom is 0.163 e. The molecule has 0 aromatic heterocycles. The van der Waals surface area contributed by atoms with Crippen LogP contribution in [-0.4, -0.2) is 54.6 Å². The van der Waals surface area contributed by atoms with Crippen molar-refractivity contribution in [3.63, 3.8) is 0 Å². The standard InChI is InChI=1S/C43H58N2O2/c1-32-10-18-36(19-11-32)26-44(8,27-37-20-12-33(2)13-21-37)30-40-41(47-42(46-40)43(5,6)7)31-45(9,28-38-22-14-34(3)15-23-38)29-39-24-16-35(4)17-25-39/h10-25,40-42H,26-31H2,1-9H3/q+2/t40-,41-/m0/s1. The summed E-state index contributed by atoms with van der Waals surface area (Å²) in [5.41, 5.74) is 10.5. The minimum Gasteiger partial charge on any atom is -0.340 e. The highest BCUT2D eigenvalue weighted by Crippen LogP contribution is 2.36. The molecule has 0 N–H and O–H groups in total. The molecule has 4 nitrogen and oxygen atoms in total. The number of benzene rings is 4. The summed E-state index contributed by atoms with van der Waals surface area (Å²) in [5.74, 6) is 0. The molecule has 0 unspecified atom stereocenters. The summed E-state index contributed by atoms with van der Waals surface area (Å²) in [7, 11) is 4.80. The molecule has 1 aliphatic rings. The number of likely N-dealkylation sites (N-methyl/N-ethyl adjacent to an activating group) is 2. The fourth-order valence-electron chi connectivity index (χ4n) is 7.03. The van der Waals surface area contributed by atoms with Gasteiger partial charge in [-0.1, -0.05) is 140 Å². The first kappa shape index (κ1) is 35.0. The molecule has 0 bridgehead atoms. The van der Waals surface area contributed by atoms with Crippen molar-refractivity contribution < 1.29 is 18.4 Å². The van der Waals surface area contributed by atoms with Gasteiger partial charge in [0.15, 0.2) is 6.29 Å². The van der Waals surface area contributed by atoms with Gasteiger partial charge in [0, 0.05) is 27.7 Å². The second-order valence-electron chi connectivity index (χ2n) is 16.2. The Morgan fingerprint density at radius 3 is 0.894 bits per heavy atom. The Labute approximate surface area is 285 Å². The second-order valence-corrected chi connectivity index (χ2v) is 16.2. The number of nitrogens with zero attached hydrogens (tertiary/aromatic N) is 2. The van der Waals surface area contributed by atoms with Gasteiger partial charge in [0.25, 0.3) is 0 Å². The van der Waals surface area contributed by atoms with Crippen LogP contribution in [0.3, 0.4) is 0 Å². The third kappa shape index (κ3) is 9.87. The van der Waals surface area contributed by atoms with Crippen LogP contribution in [-0.2, 0) is 35.7 Å². The van der Waals surface area contributed by atoms with Gasteiger partial charge < -0.3 is 18.4 Å². The molecule has 0 spiro atoms. The van der Waals surface area contributed by atoms with Crippen LogP contribution in [0.1, 0.15) is 65.3 Å². The zero-order chi connectivity index (χ0) is 33.8. The maximum absolute atomic E-state index is 6.98. The number of ether oxygens (including phenoxy) is 2. The molecule has 0 radical (unpaired) electrons. The zero-order valence-electron chi connectivity index (χ0n) is 30.4. The van der Waals surface area contributed by atoms with Gasteiger partial charge in [-0.05, 0) is 27.7 Å². The van der Waals surface area contributed by atoms with Crippen molar-refractivity contribution in [3.05, 3.63) is 142 Å². The van der Waals surface area contributed by atoms with Gasteiger partial charge >= 0.3 is 0 Å². The van der Waals surface area contributed by atoms with Crippen molar-refractivity contribution >= 4 is 0 Å². The topological polar surface area (TPSA) is 18.5 Å². The molecule has 1 fully saturated rings. The molecular weight excluding hydrogens is 576 g/mol. The molecule has 4 aromatic carbocycles. The number of hydrogen-bond acceptors (Lipinski definition) is 2. The molecule has 47 heavy (non-hydrogen) atoms. The van der Waals surface area contributed by atoms with Crippen LogP contribution in [0.25, 0.3) is 0 Å². The molecular formula is C43H58N2O2+2. The van der Waals surface area contributed by atoms with Crippen LogP contribution in [0.4, 0.5) is 0 Å². The Bertz CT molecular complexity index is 1360. The van der Waals surface area contributed by atoms with Crippen molar-refractivity contribution in [2.45, 2.75) is 93.1 Å². The monoisotopic (exact) mass is 634 g/mol. The fourth-order valence-corrected chi connectivity index (χ4v) is 7.03. The molecule has 5 rings (SSSR count). The molecule has 0 amide bonds. The van der Waals surface area contributed by atoms with E-state index in [2.05, 4.69) is 160 Å². The normalized spacial score (nSPS) is 17.7. The van der Waals surface area contributed by atoms with Gasteiger partial charge in [-0.15, -0.1) is 0 Å². The van der Waals surface area contributed by atoms with E-state index in [4.69, 9.17) is 9.47 Å². The minimum atomic E-state index is -0.253. The molecule has 1 saturated heterocycles. The Hall–Kier alpha value is -3.28. The van der Waals surface area contributed by atoms with Crippen molar-refractivity contribution in [3.8, 4) is 0 Å². The SMILES string of the molecule is Cc1ccc(C[N+](C)(Cc2ccc(C)cc2)C[C@@H]2OC(C(C)(C)C)O[C@H]2C[N+](C)(Cc2ccc(C)cc2)Cc2ccc(C)cc2)cc1. The fraction of sp³-hybridized carbons (Fsp3) is 0.442. The zero-order valence-corrected chi connectivity index (χ0v) is 30.4. The Kier molecular flexibility index (Phi) is 10.8. The maximum atomic E-state index is 6.98. The number of hydrogen-bond donors (Lipinski definition) is 0. The van der Waals surface area contributed by atoms with Gasteiger partial charge in [-0.3, -0.25) is 0 Å². The summed E-state index contributed by atoms with van der Waals surface area (Å²) in [6.07, 6.45) is -0.320. The number of aryl methyl sites for hydroxylation is 4. The lowest BCUT2D eigenvalue weighted by atomic mass is 9.96. The van der Waals surface area contributed by atoms with Gasteiger partial charge in [-0.25, -0.2) is 0 Å². The third-order valence-corrected chi connectivity index (χ3v) is 9.70. The van der Waals surface area contributed by atoms with E-state index in [1.165, 1.54) is 44.5 Å². The summed E-state index contributed by atoms with van der Waals surface area (Å²) in [6, 6.07) is 36.2. The first-order chi connectivity index (χ1) is 22.2. The van der Waals surface area contributed by atoms with E-state index in [0.29, 0.717) is 0 Å². The Morgan fingerprint density at radius 2 is 0.681 bits per heavy atom. The summed E-state index contributed by atoms with van der Waals surface area (Å²) in [6.45, 7) is 20.8. The molecule has 0 saturated carbocycles. The van der Waals surface area contributed by atoms with Crippen LogP contribution in [0.5, 0.6) is 0 Å². The summed E-state index contributed by atoms with van der Waals surface area (Å²) in [4.78, 5) is 0. The van der Waals surface area contributed by atoms with Crippen molar-refractivity contribution in [1.82, 2.24) is 0 Å². The molecule has 1 aliphatic heterocycles. The lowest BCUT2D eigenvalue weighted by Gasteiger charge is -2.40. The van der Waals surface area contributed by atoms with E-state index in [0.717, 1.165) is 48.2 Å². The van der Waals surface area contributed by atoms with E-state index < -0.39 is 0 Å². The van der Waals surface area contributed by atoms with E-state index in [1.54, 1.807) is 0 Å². The van der Waals surface area contributed by atoms with Crippen LogP contribution >= 0.6 is 0 Å². The largest absolute Gasteiger partial charge is 0.340 e. The molecule has 0 aliphatic carbocycles. The van der Waals surface area contributed by atoms with Crippen LogP contribution in [0.2, 0.25) is 0 Å². The van der Waals surface area contributed by atoms with Crippen molar-refractivity contribution in [2.75, 3.05) is 27.2 Å². The lowest BCUT2D eigenvalue weighted by molar-refractivity contribution is -0.944. The highest BCUT2D eigenvalue weighted by atomic mass is 16.7. The van der Waals surface area contributed by atoms with Crippen molar-refractivity contribution in [2.24, 2.45) is 5.41 Å². The first-order valence-corrected chi connectivity index (χ1v) is 17.4. The third-order valence-electron chi connectivity index (χ3n) is 9.70. The Morgan fingerprint density at radius 1 is 0.447 bits per heavy atom. The molecule has 4 aromatic rings. The quantitative estimate of drug-likeness (QED) is 0.145. The van der Waals surface area contributed by atoms with Gasteiger partial charge in [-0.2, -0.15) is 0 Å². The molecule has 2 atom stereocenters. The highest BCUT2D eigenvalue weighted by molar-refractivity contribution is 5.24. The Balaban J connectivity index is 1.47. The van der Waals surface area contributed by atoms with E-state index >= 15 is 0 Å². The highest BCUT2D eigenvalue weighted by Gasteiger charge is 2.48. The van der Waals surface area contributed by atoms with Gasteiger partial charge in [0.2, 0.25) is 0 Å². The average Bonchev–Trinajstić information content (AvgIpc) is 3.39. The average molecular weight is 635 g/mol. The minimum absolute atomic E-state index is 0.0337. The van der Waals surface area contributed by atoms with Gasteiger partial charge in [0.1, 0.15) is 51.5 Å². The van der Waals surface area contributed by atoms with E-state index in [-0.39, 0.29) is 23.9 Å². The van der Waals surface area contributed by atoms with Crippen LogP contribution in [0, 0.1) is 33.1 Å². The van der Waals surface area contributed by atoms with Crippen molar-refractivity contribution in [1.29, 1.82) is 0 Å². The smallest absolute Gasteiger partial charge is 0.163 e. The number of rotatable bonds is 12. The lowest BCUT2D eigenvalue weighted by Crippen LogP contribution is -2.54. The summed E-state index contributed by atoms with van der Waals surface area (Å²) in [5, 5.41) is 0. The summed E-state index contributed by atoms with van der Waals surface area (Å²) < 4.78 is 15.6. The van der Waals surface area contributed by atoms with E-state index in [1.807, 2.05) is 0 Å². The van der Waals surface area contributed by atoms with E-state index in [9.17, 15) is 0 Å². The van der Waals surface area contributed by atoms with Gasteiger partial charge in [0.05, 0.1) is 14.1 Å².